The number of carbonyl (C=O) groups excluding carboxylic acids is 2. The van der Waals surface area contributed by atoms with E-state index in [4.69, 9.17) is 4.74 Å². The first-order valence-electron chi connectivity index (χ1n) is 6.57. The van der Waals surface area contributed by atoms with E-state index in [0.29, 0.717) is 12.5 Å². The summed E-state index contributed by atoms with van der Waals surface area (Å²) in [7, 11) is 0. The van der Waals surface area contributed by atoms with Crippen molar-refractivity contribution in [2.75, 3.05) is 19.7 Å². The van der Waals surface area contributed by atoms with Gasteiger partial charge in [0.15, 0.2) is 0 Å². The second-order valence-corrected chi connectivity index (χ2v) is 4.78. The SMILES string of the molecule is CCCOC(=O)CCC(=O)N1CCC(C)CC1. The molecule has 1 rings (SSSR count). The van der Waals surface area contributed by atoms with E-state index in [1.54, 1.807) is 0 Å². The second-order valence-electron chi connectivity index (χ2n) is 4.78. The summed E-state index contributed by atoms with van der Waals surface area (Å²) in [6.45, 7) is 6.29. The van der Waals surface area contributed by atoms with Gasteiger partial charge in [0, 0.05) is 19.5 Å². The van der Waals surface area contributed by atoms with Crippen molar-refractivity contribution >= 4 is 11.9 Å². The first kappa shape index (κ1) is 14.0. The molecule has 4 nitrogen and oxygen atoms in total. The van der Waals surface area contributed by atoms with E-state index >= 15 is 0 Å². The van der Waals surface area contributed by atoms with Crippen molar-refractivity contribution < 1.29 is 14.3 Å². The van der Waals surface area contributed by atoms with Crippen LogP contribution < -0.4 is 0 Å². The van der Waals surface area contributed by atoms with Gasteiger partial charge in [0.05, 0.1) is 13.0 Å². The summed E-state index contributed by atoms with van der Waals surface area (Å²) < 4.78 is 4.94. The molecule has 1 aliphatic rings. The molecule has 0 atom stereocenters. The smallest absolute Gasteiger partial charge is 0.306 e. The third-order valence-corrected chi connectivity index (χ3v) is 3.15. The lowest BCUT2D eigenvalue weighted by atomic mass is 9.99. The van der Waals surface area contributed by atoms with Crippen LogP contribution in [0.25, 0.3) is 0 Å². The van der Waals surface area contributed by atoms with E-state index in [2.05, 4.69) is 6.92 Å². The summed E-state index contributed by atoms with van der Waals surface area (Å²) >= 11 is 0. The zero-order valence-electron chi connectivity index (χ0n) is 10.9. The second kappa shape index (κ2) is 7.30. The number of rotatable bonds is 5. The van der Waals surface area contributed by atoms with E-state index in [1.165, 1.54) is 0 Å². The Hall–Kier alpha value is -1.06. The predicted molar refractivity (Wildman–Crippen MR) is 65.5 cm³/mol. The molecule has 0 spiro atoms. The van der Waals surface area contributed by atoms with Gasteiger partial charge in [-0.3, -0.25) is 9.59 Å². The van der Waals surface area contributed by atoms with Crippen molar-refractivity contribution in [3.8, 4) is 0 Å². The lowest BCUT2D eigenvalue weighted by Crippen LogP contribution is -2.38. The molecule has 1 heterocycles. The summed E-state index contributed by atoms with van der Waals surface area (Å²) in [6.07, 6.45) is 3.48. The standard InChI is InChI=1S/C13H23NO3/c1-3-10-17-13(16)5-4-12(15)14-8-6-11(2)7-9-14/h11H,3-10H2,1-2H3. The van der Waals surface area contributed by atoms with E-state index in [0.717, 1.165) is 32.4 Å². The van der Waals surface area contributed by atoms with Gasteiger partial charge in [-0.15, -0.1) is 0 Å². The van der Waals surface area contributed by atoms with E-state index in [1.807, 2.05) is 11.8 Å². The molecule has 0 unspecified atom stereocenters. The monoisotopic (exact) mass is 241 g/mol. The van der Waals surface area contributed by atoms with Crippen LogP contribution in [0.5, 0.6) is 0 Å². The Morgan fingerprint density at radius 3 is 2.47 bits per heavy atom. The zero-order valence-corrected chi connectivity index (χ0v) is 10.9. The van der Waals surface area contributed by atoms with Crippen LogP contribution in [-0.2, 0) is 14.3 Å². The highest BCUT2D eigenvalue weighted by molar-refractivity contribution is 5.81. The van der Waals surface area contributed by atoms with Gasteiger partial charge in [-0.1, -0.05) is 13.8 Å². The van der Waals surface area contributed by atoms with Gasteiger partial charge < -0.3 is 9.64 Å². The van der Waals surface area contributed by atoms with Gasteiger partial charge in [-0.2, -0.15) is 0 Å². The Kier molecular flexibility index (Phi) is 6.01. The number of esters is 1. The Morgan fingerprint density at radius 1 is 1.24 bits per heavy atom. The fourth-order valence-electron chi connectivity index (χ4n) is 1.91. The lowest BCUT2D eigenvalue weighted by molar-refractivity contribution is -0.146. The molecule has 1 amide bonds. The maximum atomic E-state index is 11.8. The number of amides is 1. The highest BCUT2D eigenvalue weighted by Crippen LogP contribution is 2.16. The molecule has 0 aromatic heterocycles. The molecular weight excluding hydrogens is 218 g/mol. The molecule has 0 saturated carbocycles. The third kappa shape index (κ3) is 5.20. The summed E-state index contributed by atoms with van der Waals surface area (Å²) in [6, 6.07) is 0. The van der Waals surface area contributed by atoms with Crippen LogP contribution in [0.4, 0.5) is 0 Å². The summed E-state index contributed by atoms with van der Waals surface area (Å²) in [5, 5.41) is 0. The van der Waals surface area contributed by atoms with Gasteiger partial charge in [-0.25, -0.2) is 0 Å². The maximum absolute atomic E-state index is 11.8. The molecule has 0 aromatic rings. The van der Waals surface area contributed by atoms with Crippen molar-refractivity contribution in [2.45, 2.75) is 46.0 Å². The Labute approximate surface area is 103 Å². The number of nitrogens with zero attached hydrogens (tertiary/aromatic N) is 1. The molecular formula is C13H23NO3. The average Bonchev–Trinajstić information content (AvgIpc) is 2.34. The fourth-order valence-corrected chi connectivity index (χ4v) is 1.91. The van der Waals surface area contributed by atoms with Crippen LogP contribution in [0, 0.1) is 5.92 Å². The number of hydrogen-bond donors (Lipinski definition) is 0. The summed E-state index contributed by atoms with van der Waals surface area (Å²) in [5.41, 5.74) is 0. The zero-order chi connectivity index (χ0) is 12.7. The van der Waals surface area contributed by atoms with Crippen LogP contribution in [-0.4, -0.2) is 36.5 Å². The Bertz CT molecular complexity index is 257. The maximum Gasteiger partial charge on any atom is 0.306 e. The van der Waals surface area contributed by atoms with Crippen molar-refractivity contribution in [1.82, 2.24) is 4.90 Å². The molecule has 17 heavy (non-hydrogen) atoms. The minimum Gasteiger partial charge on any atom is -0.466 e. The van der Waals surface area contributed by atoms with Gasteiger partial charge in [0.1, 0.15) is 0 Å². The average molecular weight is 241 g/mol. The van der Waals surface area contributed by atoms with Crippen LogP contribution in [0.3, 0.4) is 0 Å². The van der Waals surface area contributed by atoms with Gasteiger partial charge in [0.2, 0.25) is 5.91 Å². The number of hydrogen-bond acceptors (Lipinski definition) is 3. The topological polar surface area (TPSA) is 46.6 Å². The number of carbonyl (C=O) groups is 2. The molecule has 98 valence electrons. The van der Waals surface area contributed by atoms with Crippen molar-refractivity contribution in [1.29, 1.82) is 0 Å². The summed E-state index contributed by atoms with van der Waals surface area (Å²) in [5.74, 6) is 0.546. The van der Waals surface area contributed by atoms with Crippen LogP contribution in [0.2, 0.25) is 0 Å². The molecule has 1 aliphatic heterocycles. The lowest BCUT2D eigenvalue weighted by Gasteiger charge is -2.30. The highest BCUT2D eigenvalue weighted by atomic mass is 16.5. The molecule has 0 aromatic carbocycles. The van der Waals surface area contributed by atoms with Crippen molar-refractivity contribution in [2.24, 2.45) is 5.92 Å². The van der Waals surface area contributed by atoms with Crippen molar-refractivity contribution in [3.63, 3.8) is 0 Å². The quantitative estimate of drug-likeness (QED) is 0.691. The first-order chi connectivity index (χ1) is 8.13. The highest BCUT2D eigenvalue weighted by Gasteiger charge is 2.20. The third-order valence-electron chi connectivity index (χ3n) is 3.15. The van der Waals surface area contributed by atoms with E-state index in [9.17, 15) is 9.59 Å². The number of ether oxygens (including phenoxy) is 1. The first-order valence-corrected chi connectivity index (χ1v) is 6.57. The van der Waals surface area contributed by atoms with Crippen molar-refractivity contribution in [3.05, 3.63) is 0 Å². The Morgan fingerprint density at radius 2 is 1.88 bits per heavy atom. The van der Waals surface area contributed by atoms with Gasteiger partial charge in [0.25, 0.3) is 0 Å². The van der Waals surface area contributed by atoms with Crippen LogP contribution in [0.15, 0.2) is 0 Å². The Balaban J connectivity index is 2.18. The predicted octanol–water partition coefficient (Wildman–Crippen LogP) is 1.98. The molecule has 0 bridgehead atoms. The fraction of sp³-hybridized carbons (Fsp3) is 0.846. The largest absolute Gasteiger partial charge is 0.466 e. The molecule has 0 radical (unpaired) electrons. The normalized spacial score (nSPS) is 16.9. The minimum absolute atomic E-state index is 0.0883. The molecule has 4 heteroatoms. The molecule has 0 N–H and O–H groups in total. The van der Waals surface area contributed by atoms with E-state index in [-0.39, 0.29) is 24.7 Å². The molecule has 1 saturated heterocycles. The number of piperidine rings is 1. The van der Waals surface area contributed by atoms with Crippen LogP contribution >= 0.6 is 0 Å². The van der Waals surface area contributed by atoms with Gasteiger partial charge in [-0.05, 0) is 25.2 Å². The molecule has 1 fully saturated rings. The minimum atomic E-state index is -0.259. The van der Waals surface area contributed by atoms with E-state index < -0.39 is 0 Å². The summed E-state index contributed by atoms with van der Waals surface area (Å²) in [4.78, 5) is 24.9. The van der Waals surface area contributed by atoms with Gasteiger partial charge >= 0.3 is 5.97 Å². The number of likely N-dealkylation sites (tertiary alicyclic amines) is 1. The molecule has 0 aliphatic carbocycles. The van der Waals surface area contributed by atoms with Crippen LogP contribution in [0.1, 0.15) is 46.0 Å².